The molecular weight excluding hydrogens is 357 g/mol. The fourth-order valence-corrected chi connectivity index (χ4v) is 5.14. The molecule has 1 aromatic carbocycles. The quantitative estimate of drug-likeness (QED) is 0.425. The standard InChI is InChI=1S/C25H35F3/c1-2-19-7-9-20(10-8-19)5-3-4-6-21-11-13-22(14-12-21)23-15-17-24(18-16-23)25(26,27)28/h3,5,15-22H,2,4,6-14H2,1H3/b5-3+. The Morgan fingerprint density at radius 1 is 0.857 bits per heavy atom. The average Bonchev–Trinajstić information content (AvgIpc) is 2.71. The molecule has 0 nitrogen and oxygen atoms in total. The van der Waals surface area contributed by atoms with Gasteiger partial charge in [0.1, 0.15) is 0 Å². The fraction of sp³-hybridized carbons (Fsp3) is 0.680. The molecule has 156 valence electrons. The molecule has 0 aromatic heterocycles. The summed E-state index contributed by atoms with van der Waals surface area (Å²) in [5, 5.41) is 0. The van der Waals surface area contributed by atoms with Crippen molar-refractivity contribution in [2.75, 3.05) is 0 Å². The highest BCUT2D eigenvalue weighted by Crippen LogP contribution is 2.39. The zero-order valence-corrected chi connectivity index (χ0v) is 17.2. The van der Waals surface area contributed by atoms with E-state index in [0.717, 1.165) is 36.2 Å². The highest BCUT2D eigenvalue weighted by molar-refractivity contribution is 5.27. The summed E-state index contributed by atoms with van der Waals surface area (Å²) in [4.78, 5) is 0. The van der Waals surface area contributed by atoms with Crippen LogP contribution in [-0.2, 0) is 6.18 Å². The molecule has 0 aliphatic heterocycles. The van der Waals surface area contributed by atoms with Gasteiger partial charge in [-0.3, -0.25) is 0 Å². The van der Waals surface area contributed by atoms with Crippen LogP contribution in [0.25, 0.3) is 0 Å². The first-order chi connectivity index (χ1) is 13.5. The molecule has 2 fully saturated rings. The molecule has 0 spiro atoms. The highest BCUT2D eigenvalue weighted by Gasteiger charge is 2.30. The van der Waals surface area contributed by atoms with Gasteiger partial charge in [-0.1, -0.05) is 37.6 Å². The molecule has 0 saturated heterocycles. The molecule has 2 saturated carbocycles. The maximum absolute atomic E-state index is 12.7. The van der Waals surface area contributed by atoms with Gasteiger partial charge >= 0.3 is 6.18 Å². The number of alkyl halides is 3. The maximum Gasteiger partial charge on any atom is 0.416 e. The van der Waals surface area contributed by atoms with Crippen LogP contribution in [-0.4, -0.2) is 0 Å². The van der Waals surface area contributed by atoms with Crippen molar-refractivity contribution in [1.29, 1.82) is 0 Å². The molecule has 2 aliphatic rings. The molecule has 3 rings (SSSR count). The van der Waals surface area contributed by atoms with Crippen LogP contribution in [0.1, 0.15) is 94.6 Å². The molecule has 0 heterocycles. The number of allylic oxidation sites excluding steroid dienone is 2. The van der Waals surface area contributed by atoms with Crippen LogP contribution in [0.4, 0.5) is 13.2 Å². The van der Waals surface area contributed by atoms with Crippen LogP contribution in [0.5, 0.6) is 0 Å². The fourth-order valence-electron chi connectivity index (χ4n) is 5.14. The van der Waals surface area contributed by atoms with E-state index in [1.54, 1.807) is 12.1 Å². The lowest BCUT2D eigenvalue weighted by molar-refractivity contribution is -0.137. The van der Waals surface area contributed by atoms with E-state index >= 15 is 0 Å². The van der Waals surface area contributed by atoms with Crippen LogP contribution in [0.15, 0.2) is 36.4 Å². The summed E-state index contributed by atoms with van der Waals surface area (Å²) < 4.78 is 38.1. The molecule has 1 aromatic rings. The minimum Gasteiger partial charge on any atom is -0.166 e. The Morgan fingerprint density at radius 3 is 2.04 bits per heavy atom. The van der Waals surface area contributed by atoms with Crippen molar-refractivity contribution in [2.45, 2.75) is 89.6 Å². The summed E-state index contributed by atoms with van der Waals surface area (Å²) >= 11 is 0. The van der Waals surface area contributed by atoms with Crippen molar-refractivity contribution in [3.8, 4) is 0 Å². The topological polar surface area (TPSA) is 0 Å². The van der Waals surface area contributed by atoms with E-state index in [1.807, 2.05) is 0 Å². The predicted molar refractivity (Wildman–Crippen MR) is 110 cm³/mol. The second-order valence-corrected chi connectivity index (χ2v) is 9.03. The molecular formula is C25H35F3. The average molecular weight is 393 g/mol. The lowest BCUT2D eigenvalue weighted by atomic mass is 9.77. The molecule has 28 heavy (non-hydrogen) atoms. The van der Waals surface area contributed by atoms with Gasteiger partial charge in [0, 0.05) is 0 Å². The van der Waals surface area contributed by atoms with Gasteiger partial charge < -0.3 is 0 Å². The largest absolute Gasteiger partial charge is 0.416 e. The van der Waals surface area contributed by atoms with Crippen LogP contribution in [0.3, 0.4) is 0 Å². The summed E-state index contributed by atoms with van der Waals surface area (Å²) in [7, 11) is 0. The van der Waals surface area contributed by atoms with Crippen molar-refractivity contribution in [3.05, 3.63) is 47.5 Å². The third-order valence-corrected chi connectivity index (χ3v) is 7.17. The van der Waals surface area contributed by atoms with Gasteiger partial charge in [-0.2, -0.15) is 13.2 Å². The minimum atomic E-state index is -4.24. The van der Waals surface area contributed by atoms with E-state index in [-0.39, 0.29) is 0 Å². The normalized spacial score (nSPS) is 29.3. The Balaban J connectivity index is 1.36. The Labute approximate surface area is 168 Å². The number of hydrogen-bond donors (Lipinski definition) is 0. The van der Waals surface area contributed by atoms with Crippen molar-refractivity contribution in [1.82, 2.24) is 0 Å². The Hall–Kier alpha value is -1.25. The number of benzene rings is 1. The molecule has 0 radical (unpaired) electrons. The Bertz CT molecular complexity index is 598. The summed E-state index contributed by atoms with van der Waals surface area (Å²) in [6, 6.07) is 5.84. The summed E-state index contributed by atoms with van der Waals surface area (Å²) in [5.74, 6) is 2.98. The highest BCUT2D eigenvalue weighted by atomic mass is 19.4. The van der Waals surface area contributed by atoms with Crippen LogP contribution < -0.4 is 0 Å². The summed E-state index contributed by atoms with van der Waals surface area (Å²) in [5.41, 5.74) is 0.536. The van der Waals surface area contributed by atoms with E-state index in [2.05, 4.69) is 19.1 Å². The van der Waals surface area contributed by atoms with Crippen LogP contribution in [0, 0.1) is 17.8 Å². The maximum atomic E-state index is 12.7. The smallest absolute Gasteiger partial charge is 0.166 e. The van der Waals surface area contributed by atoms with Crippen LogP contribution >= 0.6 is 0 Å². The molecule has 0 N–H and O–H groups in total. The number of halogens is 3. The predicted octanol–water partition coefficient (Wildman–Crippen LogP) is 8.53. The van der Waals surface area contributed by atoms with E-state index in [9.17, 15) is 13.2 Å². The van der Waals surface area contributed by atoms with Crippen LogP contribution in [0.2, 0.25) is 0 Å². The second-order valence-electron chi connectivity index (χ2n) is 9.03. The first-order valence-electron chi connectivity index (χ1n) is 11.3. The lowest BCUT2D eigenvalue weighted by Crippen LogP contribution is -2.14. The van der Waals surface area contributed by atoms with E-state index < -0.39 is 11.7 Å². The molecule has 2 aliphatic carbocycles. The SMILES string of the molecule is CCC1CCC(/C=C/CCC2CCC(c3ccc(C(F)(F)F)cc3)CC2)CC1. The van der Waals surface area contributed by atoms with Gasteiger partial charge in [0.25, 0.3) is 0 Å². The van der Waals surface area contributed by atoms with Gasteiger partial charge in [0.05, 0.1) is 5.56 Å². The van der Waals surface area contributed by atoms with Gasteiger partial charge in [0.15, 0.2) is 0 Å². The summed E-state index contributed by atoms with van der Waals surface area (Å²) in [6.45, 7) is 2.31. The number of hydrogen-bond acceptors (Lipinski definition) is 0. The van der Waals surface area contributed by atoms with Gasteiger partial charge in [-0.25, -0.2) is 0 Å². The zero-order valence-electron chi connectivity index (χ0n) is 17.2. The third-order valence-electron chi connectivity index (χ3n) is 7.17. The minimum absolute atomic E-state index is 0.433. The van der Waals surface area contributed by atoms with E-state index in [4.69, 9.17) is 0 Å². The molecule has 3 heteroatoms. The van der Waals surface area contributed by atoms with Crippen molar-refractivity contribution < 1.29 is 13.2 Å². The van der Waals surface area contributed by atoms with E-state index in [1.165, 1.54) is 69.9 Å². The first-order valence-corrected chi connectivity index (χ1v) is 11.3. The van der Waals surface area contributed by atoms with Gasteiger partial charge in [-0.15, -0.1) is 0 Å². The molecule has 0 amide bonds. The third kappa shape index (κ3) is 6.12. The Kier molecular flexibility index (Phi) is 7.65. The van der Waals surface area contributed by atoms with Crippen molar-refractivity contribution >= 4 is 0 Å². The Morgan fingerprint density at radius 2 is 1.46 bits per heavy atom. The summed E-state index contributed by atoms with van der Waals surface area (Å²) in [6.07, 6.45) is 14.6. The first kappa shape index (κ1) is 21.5. The monoisotopic (exact) mass is 392 g/mol. The van der Waals surface area contributed by atoms with Crippen molar-refractivity contribution in [2.24, 2.45) is 17.8 Å². The number of rotatable bonds is 6. The zero-order chi connectivity index (χ0) is 20.0. The molecule has 0 atom stereocenters. The molecule has 0 bridgehead atoms. The molecule has 0 unspecified atom stereocenters. The second kappa shape index (κ2) is 9.98. The van der Waals surface area contributed by atoms with Gasteiger partial charge in [0.2, 0.25) is 0 Å². The van der Waals surface area contributed by atoms with Crippen molar-refractivity contribution in [3.63, 3.8) is 0 Å². The van der Waals surface area contributed by atoms with Gasteiger partial charge in [-0.05, 0) is 106 Å². The lowest BCUT2D eigenvalue weighted by Gasteiger charge is -2.29. The van der Waals surface area contributed by atoms with E-state index in [0.29, 0.717) is 5.92 Å².